The quantitative estimate of drug-likeness (QED) is 0.778. The van der Waals surface area contributed by atoms with Gasteiger partial charge in [0.15, 0.2) is 0 Å². The van der Waals surface area contributed by atoms with Gasteiger partial charge >= 0.3 is 12.0 Å². The van der Waals surface area contributed by atoms with Gasteiger partial charge in [-0.2, -0.15) is 0 Å². The van der Waals surface area contributed by atoms with Gasteiger partial charge in [0.1, 0.15) is 17.7 Å². The molecule has 0 spiro atoms. The zero-order valence-corrected chi connectivity index (χ0v) is 11.2. The monoisotopic (exact) mass is 286 g/mol. The summed E-state index contributed by atoms with van der Waals surface area (Å²) in [4.78, 5) is 22.4. The van der Waals surface area contributed by atoms with Crippen LogP contribution in [0.1, 0.15) is 25.3 Å². The molecule has 1 atom stereocenters. The van der Waals surface area contributed by atoms with Crippen LogP contribution in [0.15, 0.2) is 12.1 Å². The molecule has 0 saturated carbocycles. The fraction of sp³-hybridized carbons (Fsp3) is 0.385. The van der Waals surface area contributed by atoms with Crippen molar-refractivity contribution >= 4 is 17.7 Å². The van der Waals surface area contributed by atoms with Crippen molar-refractivity contribution in [1.82, 2.24) is 5.32 Å². The van der Waals surface area contributed by atoms with Crippen molar-refractivity contribution in [2.45, 2.75) is 32.7 Å². The fourth-order valence-electron chi connectivity index (χ4n) is 1.60. The zero-order chi connectivity index (χ0) is 15.3. The molecule has 20 heavy (non-hydrogen) atoms. The summed E-state index contributed by atoms with van der Waals surface area (Å²) in [6.45, 7) is 3.16. The normalized spacial score (nSPS) is 11.8. The number of carboxylic acid groups (broad SMARTS) is 1. The van der Waals surface area contributed by atoms with Gasteiger partial charge in [0.2, 0.25) is 0 Å². The average Bonchev–Trinajstić information content (AvgIpc) is 2.35. The minimum Gasteiger partial charge on any atom is -0.480 e. The first-order valence-corrected chi connectivity index (χ1v) is 6.11. The number of aliphatic carboxylic acids is 1. The first-order chi connectivity index (χ1) is 9.35. The van der Waals surface area contributed by atoms with E-state index in [0.717, 1.165) is 12.1 Å². The van der Waals surface area contributed by atoms with E-state index in [4.69, 9.17) is 5.11 Å². The number of carboxylic acids is 1. The first kappa shape index (κ1) is 15.9. The van der Waals surface area contributed by atoms with Crippen LogP contribution in [0.25, 0.3) is 0 Å². The molecule has 7 heteroatoms. The summed E-state index contributed by atoms with van der Waals surface area (Å²) in [5.41, 5.74) is -0.228. The van der Waals surface area contributed by atoms with E-state index in [0.29, 0.717) is 6.42 Å². The highest BCUT2D eigenvalue weighted by Crippen LogP contribution is 2.18. The van der Waals surface area contributed by atoms with Crippen molar-refractivity contribution in [2.75, 3.05) is 5.32 Å². The number of nitrogens with one attached hydrogen (secondary N) is 2. The molecule has 2 amide bonds. The number of halogens is 2. The Labute approximate surface area is 115 Å². The standard InChI is InChI=1S/C13H16F2N2O3/c1-3-4-10(12(18)19)16-13(20)17-11-6-8(14)7(2)5-9(11)15/h5-6,10H,3-4H2,1-2H3,(H,18,19)(H2,16,17,20)/t10-/m0/s1. The molecule has 110 valence electrons. The third-order valence-electron chi connectivity index (χ3n) is 2.68. The predicted molar refractivity (Wildman–Crippen MR) is 69.6 cm³/mol. The van der Waals surface area contributed by atoms with Gasteiger partial charge < -0.3 is 15.7 Å². The summed E-state index contributed by atoms with van der Waals surface area (Å²) in [5.74, 6) is -2.64. The second kappa shape index (κ2) is 6.83. The number of urea groups is 1. The van der Waals surface area contributed by atoms with E-state index >= 15 is 0 Å². The maximum Gasteiger partial charge on any atom is 0.326 e. The number of carbonyl (C=O) groups is 2. The van der Waals surface area contributed by atoms with E-state index in [1.54, 1.807) is 6.92 Å². The molecule has 3 N–H and O–H groups in total. The van der Waals surface area contributed by atoms with Crippen molar-refractivity contribution in [3.05, 3.63) is 29.3 Å². The largest absolute Gasteiger partial charge is 0.480 e. The van der Waals surface area contributed by atoms with Gasteiger partial charge in [0.25, 0.3) is 0 Å². The Kier molecular flexibility index (Phi) is 5.42. The molecule has 0 aliphatic heterocycles. The molecule has 0 aliphatic rings. The summed E-state index contributed by atoms with van der Waals surface area (Å²) >= 11 is 0. The molecular weight excluding hydrogens is 270 g/mol. The van der Waals surface area contributed by atoms with Gasteiger partial charge in [-0.3, -0.25) is 0 Å². The molecule has 0 aromatic heterocycles. The van der Waals surface area contributed by atoms with Crippen molar-refractivity contribution in [3.8, 4) is 0 Å². The number of carbonyl (C=O) groups excluding carboxylic acids is 1. The zero-order valence-electron chi connectivity index (χ0n) is 11.2. The highest BCUT2D eigenvalue weighted by molar-refractivity contribution is 5.92. The van der Waals surface area contributed by atoms with Crippen LogP contribution >= 0.6 is 0 Å². The van der Waals surface area contributed by atoms with Crippen molar-refractivity contribution in [1.29, 1.82) is 0 Å². The predicted octanol–water partition coefficient (Wildman–Crippen LogP) is 2.65. The summed E-state index contributed by atoms with van der Waals surface area (Å²) in [7, 11) is 0. The molecule has 5 nitrogen and oxygen atoms in total. The number of amides is 2. The molecule has 0 unspecified atom stereocenters. The van der Waals surface area contributed by atoms with Crippen LogP contribution in [-0.4, -0.2) is 23.1 Å². The number of hydrogen-bond donors (Lipinski definition) is 3. The van der Waals surface area contributed by atoms with Gasteiger partial charge in [0.05, 0.1) is 5.69 Å². The average molecular weight is 286 g/mol. The lowest BCUT2D eigenvalue weighted by Gasteiger charge is -2.14. The summed E-state index contributed by atoms with van der Waals surface area (Å²) in [5, 5.41) is 13.2. The number of rotatable bonds is 5. The van der Waals surface area contributed by atoms with E-state index in [9.17, 15) is 18.4 Å². The molecule has 0 fully saturated rings. The minimum absolute atomic E-state index is 0.114. The van der Waals surface area contributed by atoms with Crippen molar-refractivity contribution in [2.24, 2.45) is 0 Å². The molecule has 0 radical (unpaired) electrons. The Balaban J connectivity index is 2.75. The van der Waals surface area contributed by atoms with E-state index in [1.165, 1.54) is 6.92 Å². The van der Waals surface area contributed by atoms with Crippen molar-refractivity contribution < 1.29 is 23.5 Å². The van der Waals surface area contributed by atoms with Gasteiger partial charge in [-0.15, -0.1) is 0 Å². The molecule has 1 aromatic carbocycles. The van der Waals surface area contributed by atoms with Gasteiger partial charge in [-0.25, -0.2) is 18.4 Å². The summed E-state index contributed by atoms with van der Waals surface area (Å²) in [6, 6.07) is -0.169. The van der Waals surface area contributed by atoms with Crippen molar-refractivity contribution in [3.63, 3.8) is 0 Å². The number of aryl methyl sites for hydroxylation is 1. The Hall–Kier alpha value is -2.18. The molecule has 0 bridgehead atoms. The highest BCUT2D eigenvalue weighted by Gasteiger charge is 2.19. The van der Waals surface area contributed by atoms with Crippen LogP contribution in [0, 0.1) is 18.6 Å². The Bertz CT molecular complexity index is 521. The van der Waals surface area contributed by atoms with E-state index in [2.05, 4.69) is 10.6 Å². The topological polar surface area (TPSA) is 78.4 Å². The second-order valence-electron chi connectivity index (χ2n) is 4.36. The van der Waals surface area contributed by atoms with Gasteiger partial charge in [-0.1, -0.05) is 13.3 Å². The summed E-state index contributed by atoms with van der Waals surface area (Å²) in [6.07, 6.45) is 0.804. The van der Waals surface area contributed by atoms with E-state index in [1.807, 2.05) is 0 Å². The molecule has 0 aliphatic carbocycles. The maximum absolute atomic E-state index is 13.5. The highest BCUT2D eigenvalue weighted by atomic mass is 19.1. The summed E-state index contributed by atoms with van der Waals surface area (Å²) < 4.78 is 26.8. The fourth-order valence-corrected chi connectivity index (χ4v) is 1.60. The van der Waals surface area contributed by atoms with Gasteiger partial charge in [-0.05, 0) is 25.0 Å². The molecule has 0 heterocycles. The third-order valence-corrected chi connectivity index (χ3v) is 2.68. The Morgan fingerprint density at radius 3 is 2.50 bits per heavy atom. The molecule has 1 rings (SSSR count). The Morgan fingerprint density at radius 2 is 1.95 bits per heavy atom. The van der Waals surface area contributed by atoms with E-state index in [-0.39, 0.29) is 17.7 Å². The Morgan fingerprint density at radius 1 is 1.30 bits per heavy atom. The first-order valence-electron chi connectivity index (χ1n) is 6.11. The number of hydrogen-bond acceptors (Lipinski definition) is 2. The molecule has 0 saturated heterocycles. The van der Waals surface area contributed by atoms with E-state index < -0.39 is 29.7 Å². The van der Waals surface area contributed by atoms with Crippen LogP contribution in [-0.2, 0) is 4.79 Å². The lowest BCUT2D eigenvalue weighted by molar-refractivity contribution is -0.139. The lowest BCUT2D eigenvalue weighted by atomic mass is 10.2. The van der Waals surface area contributed by atoms with Crippen LogP contribution in [0.5, 0.6) is 0 Å². The van der Waals surface area contributed by atoms with Crippen LogP contribution in [0.4, 0.5) is 19.3 Å². The lowest BCUT2D eigenvalue weighted by Crippen LogP contribution is -2.43. The molecule has 1 aromatic rings. The van der Waals surface area contributed by atoms with Crippen LogP contribution in [0.3, 0.4) is 0 Å². The number of benzene rings is 1. The van der Waals surface area contributed by atoms with Crippen LogP contribution < -0.4 is 10.6 Å². The van der Waals surface area contributed by atoms with Gasteiger partial charge in [0, 0.05) is 6.07 Å². The SMILES string of the molecule is CCC[C@H](NC(=O)Nc1cc(F)c(C)cc1F)C(=O)O. The second-order valence-corrected chi connectivity index (χ2v) is 4.36. The third kappa shape index (κ3) is 4.18. The molecular formula is C13H16F2N2O3. The maximum atomic E-state index is 13.5. The van der Waals surface area contributed by atoms with Crippen LogP contribution in [0.2, 0.25) is 0 Å². The number of anilines is 1. The minimum atomic E-state index is -1.18. The smallest absolute Gasteiger partial charge is 0.326 e.